The summed E-state index contributed by atoms with van der Waals surface area (Å²) in [5.41, 5.74) is -0.816. The molecule has 22 heavy (non-hydrogen) atoms. The largest absolute Gasteiger partial charge is 0.481 e. The van der Waals surface area contributed by atoms with E-state index >= 15 is 0 Å². The van der Waals surface area contributed by atoms with Crippen molar-refractivity contribution in [1.29, 1.82) is 0 Å². The number of hydrogen-bond acceptors (Lipinski definition) is 4. The van der Waals surface area contributed by atoms with Gasteiger partial charge in [-0.05, 0) is 32.9 Å². The van der Waals surface area contributed by atoms with Gasteiger partial charge in [0.15, 0.2) is 0 Å². The van der Waals surface area contributed by atoms with Crippen LogP contribution < -0.4 is 10.0 Å². The van der Waals surface area contributed by atoms with Crippen LogP contribution in [0.25, 0.3) is 0 Å². The SMILES string of the molecule is CCS(=O)(=O)Nc1ccccc1C(=O)NCC(C)(C)C(=O)O. The first-order valence-corrected chi connectivity index (χ1v) is 8.35. The summed E-state index contributed by atoms with van der Waals surface area (Å²) in [6.45, 7) is 4.39. The summed E-state index contributed by atoms with van der Waals surface area (Å²) in [5, 5.41) is 11.5. The van der Waals surface area contributed by atoms with Gasteiger partial charge in [-0.2, -0.15) is 0 Å². The first-order chi connectivity index (χ1) is 10.1. The van der Waals surface area contributed by atoms with Crippen LogP contribution in [0.1, 0.15) is 31.1 Å². The standard InChI is InChI=1S/C14H20N2O5S/c1-4-22(20,21)16-11-8-6-5-7-10(11)12(17)15-9-14(2,3)13(18)19/h5-8,16H,4,9H2,1-3H3,(H,15,17)(H,18,19). The highest BCUT2D eigenvalue weighted by atomic mass is 32.2. The lowest BCUT2D eigenvalue weighted by Crippen LogP contribution is -2.39. The lowest BCUT2D eigenvalue weighted by atomic mass is 9.94. The summed E-state index contributed by atoms with van der Waals surface area (Å²) in [6, 6.07) is 6.15. The van der Waals surface area contributed by atoms with Crippen molar-refractivity contribution in [2.24, 2.45) is 5.41 Å². The lowest BCUT2D eigenvalue weighted by Gasteiger charge is -2.20. The fourth-order valence-electron chi connectivity index (χ4n) is 1.48. The highest BCUT2D eigenvalue weighted by Gasteiger charge is 2.28. The molecule has 1 rings (SSSR count). The van der Waals surface area contributed by atoms with E-state index in [-0.39, 0.29) is 23.5 Å². The predicted molar refractivity (Wildman–Crippen MR) is 83.3 cm³/mol. The number of benzene rings is 1. The third-order valence-corrected chi connectivity index (χ3v) is 4.38. The van der Waals surface area contributed by atoms with E-state index in [1.165, 1.54) is 32.9 Å². The van der Waals surface area contributed by atoms with Crippen molar-refractivity contribution in [2.45, 2.75) is 20.8 Å². The Kier molecular flexibility index (Phi) is 5.54. The van der Waals surface area contributed by atoms with Crippen molar-refractivity contribution in [3.8, 4) is 0 Å². The molecule has 1 aromatic rings. The minimum atomic E-state index is -3.51. The number of amides is 1. The molecule has 0 saturated carbocycles. The lowest BCUT2D eigenvalue weighted by molar-refractivity contribution is -0.146. The number of carbonyl (C=O) groups is 2. The van der Waals surface area contributed by atoms with Crippen molar-refractivity contribution < 1.29 is 23.1 Å². The van der Waals surface area contributed by atoms with Crippen LogP contribution in [0.4, 0.5) is 5.69 Å². The monoisotopic (exact) mass is 328 g/mol. The highest BCUT2D eigenvalue weighted by Crippen LogP contribution is 2.18. The van der Waals surface area contributed by atoms with E-state index in [1.807, 2.05) is 0 Å². The summed E-state index contributed by atoms with van der Waals surface area (Å²) in [5.74, 6) is -1.69. The number of carboxylic acids is 1. The maximum absolute atomic E-state index is 12.2. The van der Waals surface area contributed by atoms with Gasteiger partial charge in [-0.3, -0.25) is 14.3 Å². The van der Waals surface area contributed by atoms with Gasteiger partial charge in [0.05, 0.1) is 22.4 Å². The molecule has 0 radical (unpaired) electrons. The second kappa shape index (κ2) is 6.78. The summed E-state index contributed by atoms with van der Waals surface area (Å²) >= 11 is 0. The number of sulfonamides is 1. The van der Waals surface area contributed by atoms with Crippen molar-refractivity contribution in [2.75, 3.05) is 17.0 Å². The van der Waals surface area contributed by atoms with Gasteiger partial charge in [0.25, 0.3) is 5.91 Å². The van der Waals surface area contributed by atoms with Crippen LogP contribution in [0.3, 0.4) is 0 Å². The van der Waals surface area contributed by atoms with Gasteiger partial charge in [0, 0.05) is 6.54 Å². The average molecular weight is 328 g/mol. The van der Waals surface area contributed by atoms with Gasteiger partial charge in [0.1, 0.15) is 0 Å². The Hall–Kier alpha value is -2.09. The number of rotatable bonds is 7. The van der Waals surface area contributed by atoms with Crippen LogP contribution in [0.2, 0.25) is 0 Å². The zero-order valence-corrected chi connectivity index (χ0v) is 13.5. The predicted octanol–water partition coefficient (Wildman–Crippen LogP) is 1.29. The summed E-state index contributed by atoms with van der Waals surface area (Å²) in [6.07, 6.45) is 0. The molecule has 0 aromatic heterocycles. The van der Waals surface area contributed by atoms with Crippen LogP contribution in [0.15, 0.2) is 24.3 Å². The summed E-state index contributed by atoms with van der Waals surface area (Å²) in [4.78, 5) is 23.2. The second-order valence-electron chi connectivity index (χ2n) is 5.42. The minimum Gasteiger partial charge on any atom is -0.481 e. The minimum absolute atomic E-state index is 0.0734. The van der Waals surface area contributed by atoms with E-state index < -0.39 is 27.3 Å². The topological polar surface area (TPSA) is 113 Å². The molecule has 0 spiro atoms. The summed E-state index contributed by atoms with van der Waals surface area (Å²) < 4.78 is 25.6. The van der Waals surface area contributed by atoms with E-state index in [9.17, 15) is 18.0 Å². The Balaban J connectivity index is 2.93. The molecule has 8 heteroatoms. The number of para-hydroxylation sites is 1. The number of hydrogen-bond donors (Lipinski definition) is 3. The van der Waals surface area contributed by atoms with Crippen LogP contribution >= 0.6 is 0 Å². The van der Waals surface area contributed by atoms with E-state index in [0.29, 0.717) is 0 Å². The molecule has 0 unspecified atom stereocenters. The smallest absolute Gasteiger partial charge is 0.310 e. The molecule has 0 bridgehead atoms. The third kappa shape index (κ3) is 4.73. The molecule has 1 aromatic carbocycles. The number of anilines is 1. The molecule has 3 N–H and O–H groups in total. The van der Waals surface area contributed by atoms with Gasteiger partial charge >= 0.3 is 5.97 Å². The average Bonchev–Trinajstić information content (AvgIpc) is 2.45. The molecule has 0 heterocycles. The normalized spacial score (nSPS) is 11.8. The van der Waals surface area contributed by atoms with E-state index in [0.717, 1.165) is 0 Å². The Bertz CT molecular complexity index is 668. The zero-order chi connectivity index (χ0) is 17.0. The first kappa shape index (κ1) is 18.0. The van der Waals surface area contributed by atoms with E-state index in [1.54, 1.807) is 12.1 Å². The molecule has 0 saturated heterocycles. The molecule has 0 aliphatic heterocycles. The quantitative estimate of drug-likeness (QED) is 0.698. The molecule has 0 fully saturated rings. The van der Waals surface area contributed by atoms with Crippen LogP contribution in [-0.2, 0) is 14.8 Å². The fourth-order valence-corrected chi connectivity index (χ4v) is 2.14. The molecule has 122 valence electrons. The number of nitrogens with one attached hydrogen (secondary N) is 2. The maximum Gasteiger partial charge on any atom is 0.310 e. The van der Waals surface area contributed by atoms with Crippen LogP contribution in [0, 0.1) is 5.41 Å². The first-order valence-electron chi connectivity index (χ1n) is 6.70. The summed E-state index contributed by atoms with van der Waals surface area (Å²) in [7, 11) is -3.51. The third-order valence-electron chi connectivity index (χ3n) is 3.09. The van der Waals surface area contributed by atoms with E-state index in [4.69, 9.17) is 5.11 Å². The molecular formula is C14H20N2O5S. The van der Waals surface area contributed by atoms with Crippen molar-refractivity contribution in [1.82, 2.24) is 5.32 Å². The molecule has 7 nitrogen and oxygen atoms in total. The molecular weight excluding hydrogens is 308 g/mol. The van der Waals surface area contributed by atoms with E-state index in [2.05, 4.69) is 10.0 Å². The Morgan fingerprint density at radius 3 is 2.36 bits per heavy atom. The molecule has 0 aliphatic rings. The number of carbonyl (C=O) groups excluding carboxylic acids is 1. The fraction of sp³-hybridized carbons (Fsp3) is 0.429. The number of aliphatic carboxylic acids is 1. The van der Waals surface area contributed by atoms with Crippen LogP contribution in [-0.4, -0.2) is 37.7 Å². The molecule has 1 amide bonds. The zero-order valence-electron chi connectivity index (χ0n) is 12.7. The van der Waals surface area contributed by atoms with Crippen molar-refractivity contribution in [3.63, 3.8) is 0 Å². The maximum atomic E-state index is 12.2. The Morgan fingerprint density at radius 1 is 1.23 bits per heavy atom. The van der Waals surface area contributed by atoms with Gasteiger partial charge in [0.2, 0.25) is 10.0 Å². The van der Waals surface area contributed by atoms with Crippen molar-refractivity contribution >= 4 is 27.6 Å². The molecule has 0 aliphatic carbocycles. The Morgan fingerprint density at radius 2 is 1.82 bits per heavy atom. The van der Waals surface area contributed by atoms with Crippen LogP contribution in [0.5, 0.6) is 0 Å². The van der Waals surface area contributed by atoms with Gasteiger partial charge in [-0.15, -0.1) is 0 Å². The second-order valence-corrected chi connectivity index (χ2v) is 7.43. The van der Waals surface area contributed by atoms with Crippen molar-refractivity contribution in [3.05, 3.63) is 29.8 Å². The van der Waals surface area contributed by atoms with Gasteiger partial charge < -0.3 is 10.4 Å². The van der Waals surface area contributed by atoms with Gasteiger partial charge in [-0.25, -0.2) is 8.42 Å². The number of carboxylic acid groups (broad SMARTS) is 1. The molecule has 0 atom stereocenters. The Labute approximate surface area is 129 Å². The highest BCUT2D eigenvalue weighted by molar-refractivity contribution is 7.92. The van der Waals surface area contributed by atoms with Gasteiger partial charge in [-0.1, -0.05) is 12.1 Å².